The number of carboxylic acids is 1. The largest absolute Gasteiger partial charge is 0.479 e. The van der Waals surface area contributed by atoms with Gasteiger partial charge in [-0.1, -0.05) is 0 Å². The molecule has 0 aliphatic carbocycles. The van der Waals surface area contributed by atoms with Crippen molar-refractivity contribution in [3.63, 3.8) is 0 Å². The third-order valence-corrected chi connectivity index (χ3v) is 4.37. The molecule has 2 aromatic rings. The molecule has 1 saturated heterocycles. The number of aromatic amines is 1. The van der Waals surface area contributed by atoms with Crippen molar-refractivity contribution in [1.29, 1.82) is 0 Å². The summed E-state index contributed by atoms with van der Waals surface area (Å²) in [6, 6.07) is 0. The van der Waals surface area contributed by atoms with Gasteiger partial charge in [0.15, 0.2) is 23.6 Å². The molecule has 164 valence electrons. The number of carbonyl (C=O) groups is 1. The van der Waals surface area contributed by atoms with E-state index in [1.54, 1.807) is 0 Å². The molecule has 2 aromatic heterocycles. The van der Waals surface area contributed by atoms with Crippen LogP contribution in [0.1, 0.15) is 11.8 Å². The Bertz CT molecular complexity index is 986. The van der Waals surface area contributed by atoms with Crippen LogP contribution in [0.2, 0.25) is 0 Å². The van der Waals surface area contributed by atoms with Crippen molar-refractivity contribution in [2.75, 3.05) is 12.3 Å². The minimum atomic E-state index is -1.90. The summed E-state index contributed by atoms with van der Waals surface area (Å²) < 4.78 is 9.96. The van der Waals surface area contributed by atoms with E-state index in [0.717, 1.165) is 6.20 Å². The summed E-state index contributed by atoms with van der Waals surface area (Å²) >= 11 is 0. The molecule has 0 bridgehead atoms. The SMILES string of the molecule is Nc1nc2ncc(C(O)C(O)COC3OC(C(=O)O)C(O)C(O)C3O)nc2c(=O)[nH]1. The summed E-state index contributed by atoms with van der Waals surface area (Å²) in [5.41, 5.74) is 4.16. The number of hydrogen-bond donors (Lipinski definition) is 8. The third kappa shape index (κ3) is 4.21. The van der Waals surface area contributed by atoms with Gasteiger partial charge in [-0.15, -0.1) is 0 Å². The van der Waals surface area contributed by atoms with Crippen LogP contribution in [0.4, 0.5) is 5.95 Å². The van der Waals surface area contributed by atoms with E-state index < -0.39 is 61.0 Å². The Kier molecular flexibility index (Phi) is 6.22. The molecule has 15 heteroatoms. The standard InChI is InChI=1S/C15H19N5O10/c16-15-19-11-5(12(26)20-15)18-3(1-17-11)6(22)4(21)2-29-14-9(25)7(23)8(24)10(30-14)13(27)28/h1,4,6-10,14,21-25H,2H2,(H,27,28)(H3,16,17,19,20,26). The molecule has 7 unspecified atom stereocenters. The van der Waals surface area contributed by atoms with Gasteiger partial charge in [0, 0.05) is 0 Å². The smallest absolute Gasteiger partial charge is 0.335 e. The maximum atomic E-state index is 11.9. The summed E-state index contributed by atoms with van der Waals surface area (Å²) in [5.74, 6) is -1.78. The summed E-state index contributed by atoms with van der Waals surface area (Å²) in [6.07, 6.45) is -11.5. The van der Waals surface area contributed by atoms with E-state index in [2.05, 4.69) is 19.9 Å². The first kappa shape index (κ1) is 21.9. The van der Waals surface area contributed by atoms with E-state index in [4.69, 9.17) is 20.3 Å². The molecule has 1 aliphatic rings. The first-order valence-electron chi connectivity index (χ1n) is 8.52. The van der Waals surface area contributed by atoms with Gasteiger partial charge in [-0.2, -0.15) is 4.98 Å². The normalized spacial score (nSPS) is 28.9. The van der Waals surface area contributed by atoms with Crippen LogP contribution in [-0.4, -0.2) is 100.0 Å². The molecule has 1 aliphatic heterocycles. The Hall–Kier alpha value is -2.79. The Balaban J connectivity index is 1.70. The zero-order valence-electron chi connectivity index (χ0n) is 15.1. The summed E-state index contributed by atoms with van der Waals surface area (Å²) in [4.78, 5) is 36.6. The molecule has 0 amide bonds. The average molecular weight is 429 g/mol. The minimum absolute atomic E-state index is 0.0797. The fraction of sp³-hybridized carbons (Fsp3) is 0.533. The number of aliphatic hydroxyl groups excluding tert-OH is 5. The van der Waals surface area contributed by atoms with Crippen molar-refractivity contribution in [3.8, 4) is 0 Å². The molecular weight excluding hydrogens is 410 g/mol. The van der Waals surface area contributed by atoms with Crippen molar-refractivity contribution >= 4 is 23.1 Å². The number of nitrogens with two attached hydrogens (primary N) is 1. The van der Waals surface area contributed by atoms with Crippen LogP contribution in [0, 0.1) is 0 Å². The monoisotopic (exact) mass is 429 g/mol. The van der Waals surface area contributed by atoms with Gasteiger partial charge >= 0.3 is 5.97 Å². The molecule has 30 heavy (non-hydrogen) atoms. The van der Waals surface area contributed by atoms with Crippen LogP contribution in [0.3, 0.4) is 0 Å². The zero-order chi connectivity index (χ0) is 22.2. The molecule has 3 rings (SSSR count). The highest BCUT2D eigenvalue weighted by Gasteiger charge is 2.47. The van der Waals surface area contributed by atoms with Crippen LogP contribution in [0.5, 0.6) is 0 Å². The van der Waals surface area contributed by atoms with Gasteiger partial charge in [-0.05, 0) is 0 Å². The molecule has 7 atom stereocenters. The highest BCUT2D eigenvalue weighted by molar-refractivity contribution is 5.73. The maximum Gasteiger partial charge on any atom is 0.335 e. The topological polar surface area (TPSA) is 254 Å². The number of carboxylic acid groups (broad SMARTS) is 1. The predicted octanol–water partition coefficient (Wildman–Crippen LogP) is -4.40. The average Bonchev–Trinajstić information content (AvgIpc) is 2.70. The fourth-order valence-electron chi connectivity index (χ4n) is 2.76. The molecule has 0 radical (unpaired) electrons. The second-order valence-electron chi connectivity index (χ2n) is 6.50. The Labute approximate surface area is 166 Å². The summed E-state index contributed by atoms with van der Waals surface area (Å²) in [7, 11) is 0. The lowest BCUT2D eigenvalue weighted by atomic mass is 9.99. The quantitative estimate of drug-likeness (QED) is 0.216. The number of nitrogen functional groups attached to an aromatic ring is 1. The number of aliphatic hydroxyl groups is 5. The number of fused-ring (bicyclic) bond motifs is 1. The predicted molar refractivity (Wildman–Crippen MR) is 93.6 cm³/mol. The maximum absolute atomic E-state index is 11.9. The van der Waals surface area contributed by atoms with E-state index in [9.17, 15) is 35.1 Å². The van der Waals surface area contributed by atoms with E-state index in [-0.39, 0.29) is 22.8 Å². The summed E-state index contributed by atoms with van der Waals surface area (Å²) in [5, 5.41) is 58.6. The van der Waals surface area contributed by atoms with Gasteiger partial charge in [0.1, 0.15) is 30.5 Å². The van der Waals surface area contributed by atoms with Crippen LogP contribution >= 0.6 is 0 Å². The number of aliphatic carboxylic acids is 1. The number of aromatic nitrogens is 4. The lowest BCUT2D eigenvalue weighted by Gasteiger charge is -2.38. The molecule has 0 spiro atoms. The lowest BCUT2D eigenvalue weighted by molar-refractivity contribution is -0.299. The molecule has 3 heterocycles. The van der Waals surface area contributed by atoms with Crippen molar-refractivity contribution in [3.05, 3.63) is 22.2 Å². The van der Waals surface area contributed by atoms with E-state index >= 15 is 0 Å². The Morgan fingerprint density at radius 1 is 1.23 bits per heavy atom. The number of rotatable bonds is 6. The molecule has 15 nitrogen and oxygen atoms in total. The number of nitrogens with one attached hydrogen (secondary N) is 1. The van der Waals surface area contributed by atoms with Crippen LogP contribution in [0.15, 0.2) is 11.0 Å². The molecular formula is C15H19N5O10. The van der Waals surface area contributed by atoms with Gasteiger partial charge in [-0.25, -0.2) is 14.8 Å². The molecule has 9 N–H and O–H groups in total. The first-order valence-corrected chi connectivity index (χ1v) is 8.52. The van der Waals surface area contributed by atoms with Crippen LogP contribution in [-0.2, 0) is 14.3 Å². The second kappa shape index (κ2) is 8.52. The number of H-pyrrole nitrogens is 1. The number of ether oxygens (including phenoxy) is 2. The molecule has 0 saturated carbocycles. The van der Waals surface area contributed by atoms with Crippen molar-refractivity contribution in [1.82, 2.24) is 19.9 Å². The van der Waals surface area contributed by atoms with Crippen LogP contribution in [0.25, 0.3) is 11.2 Å². The van der Waals surface area contributed by atoms with E-state index in [0.29, 0.717) is 0 Å². The second-order valence-corrected chi connectivity index (χ2v) is 6.50. The van der Waals surface area contributed by atoms with Gasteiger partial charge in [0.2, 0.25) is 5.95 Å². The van der Waals surface area contributed by atoms with Crippen LogP contribution < -0.4 is 11.3 Å². The lowest BCUT2D eigenvalue weighted by Crippen LogP contribution is -2.60. The fourth-order valence-corrected chi connectivity index (χ4v) is 2.76. The van der Waals surface area contributed by atoms with Gasteiger partial charge in [0.25, 0.3) is 5.56 Å². The number of anilines is 1. The van der Waals surface area contributed by atoms with Gasteiger partial charge < -0.3 is 45.8 Å². The van der Waals surface area contributed by atoms with E-state index in [1.807, 2.05) is 0 Å². The summed E-state index contributed by atoms with van der Waals surface area (Å²) in [6.45, 7) is -0.700. The zero-order valence-corrected chi connectivity index (χ0v) is 15.1. The van der Waals surface area contributed by atoms with Crippen molar-refractivity contribution in [2.45, 2.75) is 42.9 Å². The third-order valence-electron chi connectivity index (χ3n) is 4.37. The van der Waals surface area contributed by atoms with Crippen molar-refractivity contribution in [2.24, 2.45) is 0 Å². The van der Waals surface area contributed by atoms with Crippen molar-refractivity contribution < 1.29 is 44.9 Å². The Morgan fingerprint density at radius 2 is 1.93 bits per heavy atom. The highest BCUT2D eigenvalue weighted by Crippen LogP contribution is 2.23. The first-order chi connectivity index (χ1) is 14.1. The number of nitrogens with zero attached hydrogens (tertiary/aromatic N) is 3. The Morgan fingerprint density at radius 3 is 2.60 bits per heavy atom. The van der Waals surface area contributed by atoms with Gasteiger partial charge in [0.05, 0.1) is 18.5 Å². The molecule has 0 aromatic carbocycles. The molecule has 1 fully saturated rings. The highest BCUT2D eigenvalue weighted by atomic mass is 16.7. The van der Waals surface area contributed by atoms with E-state index in [1.165, 1.54) is 0 Å². The minimum Gasteiger partial charge on any atom is -0.479 e. The van der Waals surface area contributed by atoms with Gasteiger partial charge in [-0.3, -0.25) is 9.78 Å². The number of hydrogen-bond acceptors (Lipinski definition) is 13.